The summed E-state index contributed by atoms with van der Waals surface area (Å²) in [7, 11) is 1.80. The normalized spacial score (nSPS) is 29.9. The SMILES string of the molecule is Cc1cc(N2CCCC(NC(=O)N3C[C@@H]4CCC[C@@]4(C(=O)O)C3)C2=O)n(C)n1. The lowest BCUT2D eigenvalue weighted by molar-refractivity contribution is -0.149. The van der Waals surface area contributed by atoms with E-state index in [1.165, 1.54) is 0 Å². The fraction of sp³-hybridized carbons (Fsp3) is 0.684. The van der Waals surface area contributed by atoms with Crippen LogP contribution < -0.4 is 10.2 Å². The van der Waals surface area contributed by atoms with Gasteiger partial charge in [-0.3, -0.25) is 19.2 Å². The van der Waals surface area contributed by atoms with E-state index >= 15 is 0 Å². The number of piperidine rings is 1. The minimum absolute atomic E-state index is 0.00623. The zero-order valence-electron chi connectivity index (χ0n) is 16.3. The number of rotatable bonds is 3. The molecule has 0 bridgehead atoms. The van der Waals surface area contributed by atoms with Crippen molar-refractivity contribution in [3.8, 4) is 0 Å². The fourth-order valence-electron chi connectivity index (χ4n) is 5.12. The predicted octanol–water partition coefficient (Wildman–Crippen LogP) is 1.12. The van der Waals surface area contributed by atoms with Crippen LogP contribution in [0.15, 0.2) is 6.07 Å². The Morgan fingerprint density at radius 3 is 2.75 bits per heavy atom. The molecule has 3 aliphatic rings. The minimum Gasteiger partial charge on any atom is -0.481 e. The molecule has 2 aliphatic heterocycles. The number of hydrogen-bond donors (Lipinski definition) is 2. The highest BCUT2D eigenvalue weighted by Crippen LogP contribution is 2.48. The van der Waals surface area contributed by atoms with Gasteiger partial charge in [0.25, 0.3) is 5.91 Å². The smallest absolute Gasteiger partial charge is 0.318 e. The van der Waals surface area contributed by atoms with Crippen LogP contribution in [0.3, 0.4) is 0 Å². The highest BCUT2D eigenvalue weighted by molar-refractivity contribution is 5.99. The van der Waals surface area contributed by atoms with Gasteiger partial charge >= 0.3 is 12.0 Å². The van der Waals surface area contributed by atoms with Gasteiger partial charge in [0.05, 0.1) is 11.1 Å². The molecule has 9 nitrogen and oxygen atoms in total. The van der Waals surface area contributed by atoms with Crippen molar-refractivity contribution in [3.05, 3.63) is 11.8 Å². The number of aliphatic carboxylic acids is 1. The van der Waals surface area contributed by atoms with Crippen LogP contribution in [-0.2, 0) is 16.6 Å². The van der Waals surface area contributed by atoms with Gasteiger partial charge in [0, 0.05) is 32.7 Å². The average molecular weight is 389 g/mol. The molecular formula is C19H27N5O4. The Bertz CT molecular complexity index is 821. The zero-order chi connectivity index (χ0) is 20.1. The summed E-state index contributed by atoms with van der Waals surface area (Å²) in [5, 5.41) is 16.9. The number of carboxylic acids is 1. The van der Waals surface area contributed by atoms with Gasteiger partial charge in [0.1, 0.15) is 11.9 Å². The molecule has 3 amide bonds. The number of carbonyl (C=O) groups is 3. The van der Waals surface area contributed by atoms with Crippen LogP contribution in [0.2, 0.25) is 0 Å². The lowest BCUT2D eigenvalue weighted by Crippen LogP contribution is -2.55. The molecule has 28 heavy (non-hydrogen) atoms. The maximum atomic E-state index is 13.0. The summed E-state index contributed by atoms with van der Waals surface area (Å²) < 4.78 is 1.68. The van der Waals surface area contributed by atoms with Gasteiger partial charge in [0.2, 0.25) is 0 Å². The first-order valence-electron chi connectivity index (χ1n) is 9.93. The van der Waals surface area contributed by atoms with Gasteiger partial charge in [-0.15, -0.1) is 0 Å². The number of fused-ring (bicyclic) bond motifs is 1. The third-order valence-electron chi connectivity index (χ3n) is 6.57. The molecule has 1 aromatic rings. The lowest BCUT2D eigenvalue weighted by Gasteiger charge is -2.33. The summed E-state index contributed by atoms with van der Waals surface area (Å²) in [6.07, 6.45) is 3.72. The number of carboxylic acid groups (broad SMARTS) is 1. The summed E-state index contributed by atoms with van der Waals surface area (Å²) in [6, 6.07) is 0.925. The number of likely N-dealkylation sites (tertiary alicyclic amines) is 1. The lowest BCUT2D eigenvalue weighted by atomic mass is 9.81. The van der Waals surface area contributed by atoms with Crippen molar-refractivity contribution in [2.45, 2.75) is 45.1 Å². The first-order chi connectivity index (χ1) is 13.3. The van der Waals surface area contributed by atoms with E-state index in [1.807, 2.05) is 13.0 Å². The average Bonchev–Trinajstić information content (AvgIpc) is 3.29. The van der Waals surface area contributed by atoms with Crippen LogP contribution in [0, 0.1) is 18.3 Å². The van der Waals surface area contributed by atoms with Gasteiger partial charge in [-0.1, -0.05) is 6.42 Å². The molecule has 4 rings (SSSR count). The Morgan fingerprint density at radius 2 is 2.11 bits per heavy atom. The first-order valence-corrected chi connectivity index (χ1v) is 9.93. The molecular weight excluding hydrogens is 362 g/mol. The van der Waals surface area contributed by atoms with E-state index in [4.69, 9.17) is 0 Å². The molecule has 1 aromatic heterocycles. The highest BCUT2D eigenvalue weighted by Gasteiger charge is 2.56. The number of aromatic nitrogens is 2. The fourth-order valence-corrected chi connectivity index (χ4v) is 5.12. The third kappa shape index (κ3) is 2.93. The van der Waals surface area contributed by atoms with Crippen molar-refractivity contribution >= 4 is 23.7 Å². The Hall–Kier alpha value is -2.58. The number of amides is 3. The van der Waals surface area contributed by atoms with Crippen molar-refractivity contribution in [1.82, 2.24) is 20.0 Å². The van der Waals surface area contributed by atoms with E-state index < -0.39 is 17.4 Å². The van der Waals surface area contributed by atoms with E-state index in [0.29, 0.717) is 25.9 Å². The molecule has 152 valence electrons. The molecule has 3 heterocycles. The maximum absolute atomic E-state index is 13.0. The van der Waals surface area contributed by atoms with Crippen LogP contribution in [0.4, 0.5) is 10.6 Å². The summed E-state index contributed by atoms with van der Waals surface area (Å²) in [5.74, 6) is -0.222. The molecule has 1 unspecified atom stereocenters. The number of nitrogens with one attached hydrogen (secondary N) is 1. The van der Waals surface area contributed by atoms with Crippen LogP contribution in [0.1, 0.15) is 37.8 Å². The van der Waals surface area contributed by atoms with E-state index in [2.05, 4.69) is 10.4 Å². The molecule has 0 spiro atoms. The molecule has 9 heteroatoms. The Kier molecular flexibility index (Phi) is 4.55. The van der Waals surface area contributed by atoms with E-state index in [-0.39, 0.29) is 24.4 Å². The monoisotopic (exact) mass is 389 g/mol. The van der Waals surface area contributed by atoms with Gasteiger partial charge in [0.15, 0.2) is 0 Å². The second-order valence-electron chi connectivity index (χ2n) is 8.33. The Morgan fingerprint density at radius 1 is 1.32 bits per heavy atom. The molecule has 3 atom stereocenters. The number of aryl methyl sites for hydroxylation is 2. The van der Waals surface area contributed by atoms with Gasteiger partial charge in [-0.25, -0.2) is 4.79 Å². The topological polar surface area (TPSA) is 108 Å². The van der Waals surface area contributed by atoms with Crippen LogP contribution in [-0.4, -0.2) is 63.4 Å². The van der Waals surface area contributed by atoms with Crippen LogP contribution >= 0.6 is 0 Å². The van der Waals surface area contributed by atoms with Gasteiger partial charge in [-0.05, 0) is 38.5 Å². The number of nitrogens with zero attached hydrogens (tertiary/aromatic N) is 4. The van der Waals surface area contributed by atoms with Crippen molar-refractivity contribution in [3.63, 3.8) is 0 Å². The second-order valence-corrected chi connectivity index (χ2v) is 8.33. The number of anilines is 1. The summed E-state index contributed by atoms with van der Waals surface area (Å²) in [4.78, 5) is 40.8. The quantitative estimate of drug-likeness (QED) is 0.805. The molecule has 1 aliphatic carbocycles. The number of urea groups is 1. The second kappa shape index (κ2) is 6.79. The number of carbonyl (C=O) groups excluding carboxylic acids is 2. The molecule has 0 aromatic carbocycles. The van der Waals surface area contributed by atoms with E-state index in [1.54, 1.807) is 21.5 Å². The largest absolute Gasteiger partial charge is 0.481 e. The van der Waals surface area contributed by atoms with Gasteiger partial charge < -0.3 is 15.3 Å². The van der Waals surface area contributed by atoms with E-state index in [9.17, 15) is 19.5 Å². The first kappa shape index (κ1) is 18.8. The highest BCUT2D eigenvalue weighted by atomic mass is 16.4. The molecule has 2 saturated heterocycles. The van der Waals surface area contributed by atoms with Crippen molar-refractivity contribution in [2.24, 2.45) is 18.4 Å². The predicted molar refractivity (Wildman–Crippen MR) is 101 cm³/mol. The van der Waals surface area contributed by atoms with Crippen molar-refractivity contribution < 1.29 is 19.5 Å². The molecule has 0 radical (unpaired) electrons. The van der Waals surface area contributed by atoms with Crippen molar-refractivity contribution in [2.75, 3.05) is 24.5 Å². The zero-order valence-corrected chi connectivity index (χ0v) is 16.3. The summed E-state index contributed by atoms with van der Waals surface area (Å²) >= 11 is 0. The Labute approximate surface area is 163 Å². The number of hydrogen-bond acceptors (Lipinski definition) is 4. The van der Waals surface area contributed by atoms with Crippen LogP contribution in [0.25, 0.3) is 0 Å². The van der Waals surface area contributed by atoms with Crippen molar-refractivity contribution in [1.29, 1.82) is 0 Å². The summed E-state index contributed by atoms with van der Waals surface area (Å²) in [5.41, 5.74) is 0.0191. The summed E-state index contributed by atoms with van der Waals surface area (Å²) in [6.45, 7) is 3.14. The molecule has 2 N–H and O–H groups in total. The third-order valence-corrected chi connectivity index (χ3v) is 6.57. The standard InChI is InChI=1S/C19H27N5O4/c1-12-9-15(22(2)21-12)24-8-4-6-14(16(24)25)20-18(28)23-10-13-5-3-7-19(13,11-23)17(26)27/h9,13-14H,3-8,10-11H2,1-2H3,(H,20,28)(H,26,27)/t13-,14?,19+/m0/s1. The Balaban J connectivity index is 1.44. The minimum atomic E-state index is -0.813. The van der Waals surface area contributed by atoms with Crippen LogP contribution in [0.5, 0.6) is 0 Å². The van der Waals surface area contributed by atoms with E-state index in [0.717, 1.165) is 30.8 Å². The van der Waals surface area contributed by atoms with Gasteiger partial charge in [-0.2, -0.15) is 5.10 Å². The molecule has 1 saturated carbocycles. The molecule has 3 fully saturated rings. The maximum Gasteiger partial charge on any atom is 0.318 e.